The molecular formula is C21H14Cl2N6O. The number of halogens is 2. The number of aromatic nitrogens is 5. The molecule has 0 aliphatic carbocycles. The van der Waals surface area contributed by atoms with E-state index in [-0.39, 0.29) is 5.56 Å². The third-order valence-electron chi connectivity index (χ3n) is 4.84. The third-order valence-corrected chi connectivity index (χ3v) is 5.47. The maximum absolute atomic E-state index is 13.0. The number of H-pyrrole nitrogens is 1. The zero-order valence-corrected chi connectivity index (χ0v) is 17.2. The zero-order valence-electron chi connectivity index (χ0n) is 15.6. The van der Waals surface area contributed by atoms with Crippen LogP contribution < -0.4 is 10.9 Å². The number of hydrogen-bond donors (Lipinski definition) is 2. The first-order valence-electron chi connectivity index (χ1n) is 9.04. The molecule has 0 aliphatic heterocycles. The van der Waals surface area contributed by atoms with Gasteiger partial charge in [-0.3, -0.25) is 9.78 Å². The number of benzene rings is 2. The van der Waals surface area contributed by atoms with E-state index in [1.54, 1.807) is 47.3 Å². The van der Waals surface area contributed by atoms with Gasteiger partial charge in [0.15, 0.2) is 0 Å². The SMILES string of the molecule is Cn1c(Nc2c(Cl)cccc2Cl)nc2ccc3nc(-c4cccnc4)[nH]c(=O)c3c21. The van der Waals surface area contributed by atoms with Gasteiger partial charge in [-0.05, 0) is 36.4 Å². The second-order valence-electron chi connectivity index (χ2n) is 6.70. The number of hydrogen-bond acceptors (Lipinski definition) is 5. The van der Waals surface area contributed by atoms with Crippen molar-refractivity contribution in [2.24, 2.45) is 7.05 Å². The summed E-state index contributed by atoms with van der Waals surface area (Å²) < 4.78 is 1.79. The quantitative estimate of drug-likeness (QED) is 0.418. The highest BCUT2D eigenvalue weighted by atomic mass is 35.5. The molecule has 3 heterocycles. The molecular weight excluding hydrogens is 423 g/mol. The Balaban J connectivity index is 1.70. The molecule has 5 aromatic rings. The minimum atomic E-state index is -0.255. The fourth-order valence-electron chi connectivity index (χ4n) is 3.41. The lowest BCUT2D eigenvalue weighted by molar-refractivity contribution is 0.960. The van der Waals surface area contributed by atoms with Crippen LogP contribution in [0.15, 0.2) is 59.7 Å². The van der Waals surface area contributed by atoms with Gasteiger partial charge in [0.1, 0.15) is 5.82 Å². The summed E-state index contributed by atoms with van der Waals surface area (Å²) in [5, 5.41) is 4.56. The minimum absolute atomic E-state index is 0.255. The summed E-state index contributed by atoms with van der Waals surface area (Å²) in [6.45, 7) is 0. The second kappa shape index (κ2) is 7.12. The van der Waals surface area contributed by atoms with Crippen LogP contribution in [0.4, 0.5) is 11.6 Å². The number of nitrogens with zero attached hydrogens (tertiary/aromatic N) is 4. The monoisotopic (exact) mass is 436 g/mol. The molecule has 0 fully saturated rings. The highest BCUT2D eigenvalue weighted by molar-refractivity contribution is 6.39. The average molecular weight is 437 g/mol. The number of imidazole rings is 1. The molecule has 0 saturated heterocycles. The van der Waals surface area contributed by atoms with E-state index >= 15 is 0 Å². The van der Waals surface area contributed by atoms with Crippen molar-refractivity contribution in [1.29, 1.82) is 0 Å². The molecule has 0 bridgehead atoms. The zero-order chi connectivity index (χ0) is 20.8. The van der Waals surface area contributed by atoms with E-state index < -0.39 is 0 Å². The summed E-state index contributed by atoms with van der Waals surface area (Å²) in [4.78, 5) is 29.2. The molecule has 0 amide bonds. The first kappa shape index (κ1) is 18.6. The molecule has 0 unspecified atom stereocenters. The van der Waals surface area contributed by atoms with Gasteiger partial charge in [0.25, 0.3) is 5.56 Å². The summed E-state index contributed by atoms with van der Waals surface area (Å²) in [5.74, 6) is 0.964. The van der Waals surface area contributed by atoms with Gasteiger partial charge >= 0.3 is 0 Å². The smallest absolute Gasteiger partial charge is 0.261 e. The van der Waals surface area contributed by atoms with E-state index in [1.807, 2.05) is 19.2 Å². The van der Waals surface area contributed by atoms with Gasteiger partial charge in [-0.1, -0.05) is 29.3 Å². The average Bonchev–Trinajstić information content (AvgIpc) is 3.07. The Kier molecular flexibility index (Phi) is 4.42. The molecule has 9 heteroatoms. The highest BCUT2D eigenvalue weighted by Crippen LogP contribution is 2.34. The number of pyridine rings is 1. The lowest BCUT2D eigenvalue weighted by atomic mass is 10.2. The molecule has 3 aromatic heterocycles. The molecule has 148 valence electrons. The summed E-state index contributed by atoms with van der Waals surface area (Å²) in [5.41, 5.74) is 2.90. The van der Waals surface area contributed by atoms with Crippen LogP contribution in [0.2, 0.25) is 10.0 Å². The van der Waals surface area contributed by atoms with Gasteiger partial charge in [0.2, 0.25) is 5.95 Å². The van der Waals surface area contributed by atoms with Crippen molar-refractivity contribution < 1.29 is 0 Å². The number of nitrogens with one attached hydrogen (secondary N) is 2. The van der Waals surface area contributed by atoms with Crippen LogP contribution in [-0.4, -0.2) is 24.5 Å². The largest absolute Gasteiger partial charge is 0.323 e. The number of rotatable bonds is 3. The van der Waals surface area contributed by atoms with Crippen molar-refractivity contribution in [1.82, 2.24) is 24.5 Å². The third kappa shape index (κ3) is 2.99. The van der Waals surface area contributed by atoms with Crippen molar-refractivity contribution in [3.05, 3.63) is 75.3 Å². The van der Waals surface area contributed by atoms with Crippen LogP contribution in [0, 0.1) is 0 Å². The van der Waals surface area contributed by atoms with E-state index in [0.717, 1.165) is 5.56 Å². The number of aryl methyl sites for hydroxylation is 1. The molecule has 2 N–H and O–H groups in total. The number of para-hydroxylation sites is 1. The molecule has 5 rings (SSSR count). The topological polar surface area (TPSA) is 88.5 Å². The molecule has 0 spiro atoms. The fourth-order valence-corrected chi connectivity index (χ4v) is 3.90. The van der Waals surface area contributed by atoms with Crippen LogP contribution in [0.3, 0.4) is 0 Å². The van der Waals surface area contributed by atoms with Gasteiger partial charge in [0, 0.05) is 25.0 Å². The Morgan fingerprint density at radius 2 is 1.77 bits per heavy atom. The summed E-state index contributed by atoms with van der Waals surface area (Å²) in [7, 11) is 1.82. The number of aromatic amines is 1. The molecule has 0 saturated carbocycles. The predicted molar refractivity (Wildman–Crippen MR) is 120 cm³/mol. The fraction of sp³-hybridized carbons (Fsp3) is 0.0476. The van der Waals surface area contributed by atoms with Crippen LogP contribution >= 0.6 is 23.2 Å². The first-order chi connectivity index (χ1) is 14.5. The number of fused-ring (bicyclic) bond motifs is 3. The standard InChI is InChI=1S/C21H14Cl2N6O/c1-29-18-15(26-21(29)27-17-12(22)5-2-6-13(17)23)8-7-14-16(18)20(30)28-19(25-14)11-4-3-9-24-10-11/h2-10H,1H3,(H,26,27)(H,25,28,30). The Morgan fingerprint density at radius 3 is 2.50 bits per heavy atom. The summed E-state index contributed by atoms with van der Waals surface area (Å²) in [6.07, 6.45) is 3.32. The maximum atomic E-state index is 13.0. The van der Waals surface area contributed by atoms with Crippen molar-refractivity contribution in [3.63, 3.8) is 0 Å². The van der Waals surface area contributed by atoms with Gasteiger partial charge in [0.05, 0.1) is 37.7 Å². The van der Waals surface area contributed by atoms with Gasteiger partial charge in [-0.15, -0.1) is 0 Å². The minimum Gasteiger partial charge on any atom is -0.323 e. The molecule has 2 aromatic carbocycles. The Labute approximate surface area is 180 Å². The Bertz CT molecular complexity index is 1460. The van der Waals surface area contributed by atoms with Gasteiger partial charge < -0.3 is 14.9 Å². The van der Waals surface area contributed by atoms with Gasteiger partial charge in [-0.2, -0.15) is 0 Å². The maximum Gasteiger partial charge on any atom is 0.261 e. The van der Waals surface area contributed by atoms with E-state index in [1.165, 1.54) is 0 Å². The normalized spacial score (nSPS) is 11.3. The van der Waals surface area contributed by atoms with Crippen molar-refractivity contribution in [2.45, 2.75) is 0 Å². The van der Waals surface area contributed by atoms with Crippen LogP contribution in [0.25, 0.3) is 33.3 Å². The van der Waals surface area contributed by atoms with E-state index in [0.29, 0.717) is 49.4 Å². The van der Waals surface area contributed by atoms with Crippen molar-refractivity contribution >= 4 is 56.8 Å². The Hall–Kier alpha value is -3.42. The molecule has 0 radical (unpaired) electrons. The highest BCUT2D eigenvalue weighted by Gasteiger charge is 2.17. The van der Waals surface area contributed by atoms with Crippen molar-refractivity contribution in [3.8, 4) is 11.4 Å². The lowest BCUT2D eigenvalue weighted by Gasteiger charge is -2.10. The van der Waals surface area contributed by atoms with Crippen LogP contribution in [0.5, 0.6) is 0 Å². The van der Waals surface area contributed by atoms with Crippen molar-refractivity contribution in [2.75, 3.05) is 5.32 Å². The van der Waals surface area contributed by atoms with E-state index in [2.05, 4.69) is 25.3 Å². The molecule has 7 nitrogen and oxygen atoms in total. The van der Waals surface area contributed by atoms with Crippen LogP contribution in [-0.2, 0) is 7.05 Å². The summed E-state index contributed by atoms with van der Waals surface area (Å²) in [6, 6.07) is 12.5. The first-order valence-corrected chi connectivity index (χ1v) is 9.79. The summed E-state index contributed by atoms with van der Waals surface area (Å²) >= 11 is 12.5. The second-order valence-corrected chi connectivity index (χ2v) is 7.51. The lowest BCUT2D eigenvalue weighted by Crippen LogP contribution is -2.11. The van der Waals surface area contributed by atoms with E-state index in [4.69, 9.17) is 23.2 Å². The molecule has 0 aliphatic rings. The molecule has 30 heavy (non-hydrogen) atoms. The molecule has 0 atom stereocenters. The number of anilines is 2. The van der Waals surface area contributed by atoms with Crippen LogP contribution in [0.1, 0.15) is 0 Å². The van der Waals surface area contributed by atoms with Gasteiger partial charge in [-0.25, -0.2) is 9.97 Å². The Morgan fingerprint density at radius 1 is 1.00 bits per heavy atom. The predicted octanol–water partition coefficient (Wildman–Crippen LogP) is 4.92. The van der Waals surface area contributed by atoms with E-state index in [9.17, 15) is 4.79 Å².